The highest BCUT2D eigenvalue weighted by molar-refractivity contribution is 5.30. The van der Waals surface area contributed by atoms with Gasteiger partial charge in [0.2, 0.25) is 5.95 Å². The molecular weight excluding hydrogens is 244 g/mol. The van der Waals surface area contributed by atoms with Crippen LogP contribution >= 0.6 is 0 Å². The molecule has 1 rings (SSSR count). The summed E-state index contributed by atoms with van der Waals surface area (Å²) in [6.45, 7) is 7.34. The summed E-state index contributed by atoms with van der Waals surface area (Å²) in [6.07, 6.45) is 7.26. The number of aromatic nitrogens is 2. The minimum Gasteiger partial charge on any atom is -0.354 e. The van der Waals surface area contributed by atoms with Gasteiger partial charge in [0.15, 0.2) is 0 Å². The maximum absolute atomic E-state index is 10.5. The molecule has 0 radical (unpaired) electrons. The van der Waals surface area contributed by atoms with Crippen LogP contribution in [0.25, 0.3) is 0 Å². The van der Waals surface area contributed by atoms with Gasteiger partial charge in [-0.1, -0.05) is 40.0 Å². The molecule has 1 aromatic rings. The number of hydrogen-bond acceptors (Lipinski definition) is 5. The van der Waals surface area contributed by atoms with Crippen LogP contribution in [-0.4, -0.2) is 21.4 Å². The van der Waals surface area contributed by atoms with E-state index < -0.39 is 4.92 Å². The molecule has 19 heavy (non-hydrogen) atoms. The van der Waals surface area contributed by atoms with Crippen LogP contribution in [-0.2, 0) is 0 Å². The van der Waals surface area contributed by atoms with Crippen LogP contribution in [0.4, 0.5) is 11.6 Å². The maximum atomic E-state index is 10.5. The molecule has 0 atom stereocenters. The first-order valence-electron chi connectivity index (χ1n) is 6.65. The summed E-state index contributed by atoms with van der Waals surface area (Å²) < 4.78 is 0. The third-order valence-corrected chi connectivity index (χ3v) is 3.03. The molecule has 0 unspecified atom stereocenters. The van der Waals surface area contributed by atoms with E-state index in [0.29, 0.717) is 5.95 Å². The fraction of sp³-hybridized carbons (Fsp3) is 0.692. The Kier molecular flexibility index (Phi) is 5.66. The predicted molar refractivity (Wildman–Crippen MR) is 75.1 cm³/mol. The van der Waals surface area contributed by atoms with Crippen molar-refractivity contribution in [2.45, 2.75) is 46.5 Å². The van der Waals surface area contributed by atoms with E-state index in [9.17, 15) is 10.1 Å². The molecule has 0 aromatic carbocycles. The zero-order chi connectivity index (χ0) is 14.3. The Balaban J connectivity index is 2.44. The lowest BCUT2D eigenvalue weighted by Gasteiger charge is -2.24. The lowest BCUT2D eigenvalue weighted by Crippen LogP contribution is -2.23. The van der Waals surface area contributed by atoms with Crippen LogP contribution in [0.5, 0.6) is 0 Å². The highest BCUT2D eigenvalue weighted by Gasteiger charge is 2.17. The molecular formula is C13H22N4O2. The fourth-order valence-electron chi connectivity index (χ4n) is 1.77. The van der Waals surface area contributed by atoms with Crippen molar-refractivity contribution in [3.05, 3.63) is 22.5 Å². The van der Waals surface area contributed by atoms with E-state index in [1.807, 2.05) is 0 Å². The van der Waals surface area contributed by atoms with Crippen LogP contribution in [0.2, 0.25) is 0 Å². The Bertz CT molecular complexity index is 404. The predicted octanol–water partition coefficient (Wildman–Crippen LogP) is 3.40. The van der Waals surface area contributed by atoms with Crippen molar-refractivity contribution in [3.8, 4) is 0 Å². The van der Waals surface area contributed by atoms with Gasteiger partial charge < -0.3 is 5.32 Å². The SMILES string of the molecule is CCCCCC(C)(C)CNc1ncc([N+](=O)[O-])cn1. The van der Waals surface area contributed by atoms with Gasteiger partial charge in [-0.25, -0.2) is 9.97 Å². The zero-order valence-electron chi connectivity index (χ0n) is 11.8. The zero-order valence-corrected chi connectivity index (χ0v) is 11.8. The van der Waals surface area contributed by atoms with Gasteiger partial charge in [0.1, 0.15) is 12.4 Å². The average molecular weight is 266 g/mol. The number of unbranched alkanes of at least 4 members (excludes halogenated alkanes) is 2. The second kappa shape index (κ2) is 7.01. The molecule has 0 fully saturated rings. The molecule has 0 saturated carbocycles. The highest BCUT2D eigenvalue weighted by atomic mass is 16.6. The molecule has 0 bridgehead atoms. The fourth-order valence-corrected chi connectivity index (χ4v) is 1.77. The van der Waals surface area contributed by atoms with Crippen LogP contribution in [0.3, 0.4) is 0 Å². The van der Waals surface area contributed by atoms with Gasteiger partial charge in [0.25, 0.3) is 0 Å². The molecule has 1 aromatic heterocycles. The Morgan fingerprint density at radius 2 is 1.95 bits per heavy atom. The average Bonchev–Trinajstić information content (AvgIpc) is 2.37. The molecule has 0 spiro atoms. The lowest BCUT2D eigenvalue weighted by atomic mass is 9.87. The Morgan fingerprint density at radius 3 is 2.47 bits per heavy atom. The van der Waals surface area contributed by atoms with Gasteiger partial charge in [-0.3, -0.25) is 10.1 Å². The van der Waals surface area contributed by atoms with E-state index in [4.69, 9.17) is 0 Å². The Hall–Kier alpha value is -1.72. The van der Waals surface area contributed by atoms with Gasteiger partial charge >= 0.3 is 5.69 Å². The molecule has 106 valence electrons. The minimum atomic E-state index is -0.502. The smallest absolute Gasteiger partial charge is 0.305 e. The topological polar surface area (TPSA) is 81.0 Å². The summed E-state index contributed by atoms with van der Waals surface area (Å²) in [7, 11) is 0. The minimum absolute atomic E-state index is 0.0900. The normalized spacial score (nSPS) is 11.3. The summed E-state index contributed by atoms with van der Waals surface area (Å²) in [5.74, 6) is 0.439. The van der Waals surface area contributed by atoms with E-state index in [1.165, 1.54) is 31.7 Å². The monoisotopic (exact) mass is 266 g/mol. The van der Waals surface area contributed by atoms with Gasteiger partial charge in [-0.2, -0.15) is 0 Å². The van der Waals surface area contributed by atoms with Crippen LogP contribution < -0.4 is 5.32 Å². The first-order valence-corrected chi connectivity index (χ1v) is 6.65. The number of anilines is 1. The first kappa shape index (κ1) is 15.3. The first-order chi connectivity index (χ1) is 8.94. The molecule has 0 amide bonds. The largest absolute Gasteiger partial charge is 0.354 e. The standard InChI is InChI=1S/C13H22N4O2/c1-4-5-6-7-13(2,3)10-16-12-14-8-11(9-15-12)17(18)19/h8-9H,4-7,10H2,1-3H3,(H,14,15,16). The van der Waals surface area contributed by atoms with Crippen molar-refractivity contribution in [1.29, 1.82) is 0 Å². The number of nitrogens with one attached hydrogen (secondary N) is 1. The summed E-state index contributed by atoms with van der Waals surface area (Å²) in [4.78, 5) is 17.9. The van der Waals surface area contributed by atoms with E-state index in [-0.39, 0.29) is 11.1 Å². The Morgan fingerprint density at radius 1 is 1.32 bits per heavy atom. The molecule has 0 saturated heterocycles. The van der Waals surface area contributed by atoms with Gasteiger partial charge in [0.05, 0.1) is 4.92 Å². The molecule has 0 aliphatic rings. The number of hydrogen-bond donors (Lipinski definition) is 1. The number of rotatable bonds is 8. The van der Waals surface area contributed by atoms with Crippen molar-refractivity contribution >= 4 is 11.6 Å². The van der Waals surface area contributed by atoms with Gasteiger partial charge in [-0.05, 0) is 11.8 Å². The molecule has 0 aliphatic carbocycles. The molecule has 6 nitrogen and oxygen atoms in total. The van der Waals surface area contributed by atoms with Crippen molar-refractivity contribution in [2.24, 2.45) is 5.41 Å². The number of nitrogens with zero attached hydrogens (tertiary/aromatic N) is 3. The quantitative estimate of drug-likeness (QED) is 0.443. The molecule has 1 heterocycles. The summed E-state index contributed by atoms with van der Waals surface area (Å²) in [5.41, 5.74) is 0.0769. The van der Waals surface area contributed by atoms with E-state index in [1.54, 1.807) is 0 Å². The summed E-state index contributed by atoms with van der Waals surface area (Å²) in [6, 6.07) is 0. The second-order valence-electron chi connectivity index (χ2n) is 5.50. The Labute approximate surface area is 113 Å². The molecule has 1 N–H and O–H groups in total. The number of nitro groups is 1. The van der Waals surface area contributed by atoms with E-state index >= 15 is 0 Å². The van der Waals surface area contributed by atoms with Crippen LogP contribution in [0, 0.1) is 15.5 Å². The van der Waals surface area contributed by atoms with Gasteiger partial charge in [-0.15, -0.1) is 0 Å². The van der Waals surface area contributed by atoms with Crippen molar-refractivity contribution in [3.63, 3.8) is 0 Å². The summed E-state index contributed by atoms with van der Waals surface area (Å²) >= 11 is 0. The third kappa shape index (κ3) is 5.63. The summed E-state index contributed by atoms with van der Waals surface area (Å²) in [5, 5.41) is 13.6. The van der Waals surface area contributed by atoms with Crippen molar-refractivity contribution in [1.82, 2.24) is 9.97 Å². The third-order valence-electron chi connectivity index (χ3n) is 3.03. The van der Waals surface area contributed by atoms with Crippen LogP contribution in [0.1, 0.15) is 46.5 Å². The second-order valence-corrected chi connectivity index (χ2v) is 5.50. The highest BCUT2D eigenvalue weighted by Crippen LogP contribution is 2.23. The van der Waals surface area contributed by atoms with Gasteiger partial charge in [0, 0.05) is 6.54 Å². The van der Waals surface area contributed by atoms with Crippen molar-refractivity contribution in [2.75, 3.05) is 11.9 Å². The maximum Gasteiger partial charge on any atom is 0.305 e. The van der Waals surface area contributed by atoms with Crippen molar-refractivity contribution < 1.29 is 4.92 Å². The van der Waals surface area contributed by atoms with Crippen LogP contribution in [0.15, 0.2) is 12.4 Å². The molecule has 0 aliphatic heterocycles. The van der Waals surface area contributed by atoms with E-state index in [2.05, 4.69) is 36.1 Å². The molecule has 6 heteroatoms. The van der Waals surface area contributed by atoms with E-state index in [0.717, 1.165) is 13.0 Å². The lowest BCUT2D eigenvalue weighted by molar-refractivity contribution is -0.385.